The van der Waals surface area contributed by atoms with Gasteiger partial charge in [-0.3, -0.25) is 4.79 Å². The van der Waals surface area contributed by atoms with Gasteiger partial charge in [-0.2, -0.15) is 4.68 Å². The van der Waals surface area contributed by atoms with Gasteiger partial charge in [-0.25, -0.2) is 0 Å². The van der Waals surface area contributed by atoms with Crippen molar-refractivity contribution < 1.29 is 14.3 Å². The average molecular weight is 398 g/mol. The first-order valence-electron chi connectivity index (χ1n) is 8.93. The molecule has 1 heterocycles. The Kier molecular flexibility index (Phi) is 6.65. The van der Waals surface area contributed by atoms with E-state index >= 15 is 0 Å². The predicted octanol–water partition coefficient (Wildman–Crippen LogP) is 3.51. The third-order valence-electron chi connectivity index (χ3n) is 4.01. The zero-order valence-electron chi connectivity index (χ0n) is 16.1. The van der Waals surface area contributed by atoms with Crippen LogP contribution in [-0.4, -0.2) is 38.5 Å². The number of aryl methyl sites for hydroxylation is 2. The van der Waals surface area contributed by atoms with E-state index in [-0.39, 0.29) is 18.3 Å². The van der Waals surface area contributed by atoms with E-state index < -0.39 is 0 Å². The van der Waals surface area contributed by atoms with Crippen LogP contribution in [0.25, 0.3) is 5.69 Å². The number of carbonyl (C=O) groups excluding carboxylic acids is 1. The maximum absolute atomic E-state index is 12.2. The summed E-state index contributed by atoms with van der Waals surface area (Å²) in [6, 6.07) is 13.6. The molecule has 3 aromatic rings. The molecule has 0 fully saturated rings. The van der Waals surface area contributed by atoms with Gasteiger partial charge in [0.25, 0.3) is 0 Å². The number of rotatable bonds is 8. The number of para-hydroxylation sites is 1. The minimum Gasteiger partial charge on any atom is -0.493 e. The number of ether oxygens (including phenoxy) is 2. The van der Waals surface area contributed by atoms with Gasteiger partial charge in [0.2, 0.25) is 5.16 Å². The van der Waals surface area contributed by atoms with E-state index in [2.05, 4.69) is 15.5 Å². The number of thioether (sulfide) groups is 1. The molecule has 0 atom stereocenters. The van der Waals surface area contributed by atoms with Crippen LogP contribution in [0.1, 0.15) is 23.6 Å². The highest BCUT2D eigenvalue weighted by Gasteiger charge is 2.14. The number of hydrogen-bond donors (Lipinski definition) is 0. The van der Waals surface area contributed by atoms with Gasteiger partial charge in [0.1, 0.15) is 12.4 Å². The Morgan fingerprint density at radius 2 is 2.00 bits per heavy atom. The van der Waals surface area contributed by atoms with Crippen molar-refractivity contribution >= 4 is 17.7 Å². The van der Waals surface area contributed by atoms with Crippen LogP contribution in [0.15, 0.2) is 47.6 Å². The number of carbonyl (C=O) groups is 1. The van der Waals surface area contributed by atoms with Crippen molar-refractivity contribution in [3.8, 4) is 11.4 Å². The van der Waals surface area contributed by atoms with Crippen LogP contribution in [-0.2, 0) is 16.1 Å². The van der Waals surface area contributed by atoms with Gasteiger partial charge in [-0.05, 0) is 54.5 Å². The highest BCUT2D eigenvalue weighted by molar-refractivity contribution is 7.99. The van der Waals surface area contributed by atoms with E-state index in [1.165, 1.54) is 11.8 Å². The summed E-state index contributed by atoms with van der Waals surface area (Å²) in [5.41, 5.74) is 3.89. The summed E-state index contributed by atoms with van der Waals surface area (Å²) in [6.07, 6.45) is 0. The Bertz CT molecular complexity index is 958. The molecular formula is C20H22N4O3S. The Morgan fingerprint density at radius 3 is 2.82 bits per heavy atom. The van der Waals surface area contributed by atoms with Crippen LogP contribution in [0.2, 0.25) is 0 Å². The van der Waals surface area contributed by atoms with Crippen molar-refractivity contribution in [3.63, 3.8) is 0 Å². The van der Waals surface area contributed by atoms with Crippen molar-refractivity contribution in [1.29, 1.82) is 0 Å². The average Bonchev–Trinajstić information content (AvgIpc) is 3.16. The molecule has 0 spiro atoms. The zero-order chi connectivity index (χ0) is 19.9. The number of hydrogen-bond acceptors (Lipinski definition) is 7. The van der Waals surface area contributed by atoms with Gasteiger partial charge in [-0.1, -0.05) is 42.1 Å². The Hall–Kier alpha value is -2.87. The molecule has 0 radical (unpaired) electrons. The van der Waals surface area contributed by atoms with Crippen molar-refractivity contribution in [2.24, 2.45) is 0 Å². The largest absolute Gasteiger partial charge is 0.493 e. The summed E-state index contributed by atoms with van der Waals surface area (Å²) >= 11 is 1.24. The van der Waals surface area contributed by atoms with Crippen LogP contribution in [0, 0.1) is 13.8 Å². The number of nitrogens with zero attached hydrogens (tertiary/aromatic N) is 4. The minimum atomic E-state index is -0.341. The van der Waals surface area contributed by atoms with Crippen LogP contribution >= 0.6 is 11.8 Å². The fraction of sp³-hybridized carbons (Fsp3) is 0.300. The van der Waals surface area contributed by atoms with Gasteiger partial charge >= 0.3 is 5.97 Å². The van der Waals surface area contributed by atoms with E-state index in [0.29, 0.717) is 11.8 Å². The molecule has 0 aliphatic heterocycles. The molecule has 0 aliphatic rings. The summed E-state index contributed by atoms with van der Waals surface area (Å²) < 4.78 is 12.6. The molecule has 0 saturated heterocycles. The lowest BCUT2D eigenvalue weighted by atomic mass is 10.1. The van der Waals surface area contributed by atoms with Crippen LogP contribution in [0.3, 0.4) is 0 Å². The van der Waals surface area contributed by atoms with E-state index in [1.54, 1.807) is 4.68 Å². The lowest BCUT2D eigenvalue weighted by Gasteiger charge is -2.11. The molecule has 7 nitrogen and oxygen atoms in total. The minimum absolute atomic E-state index is 0.113. The maximum atomic E-state index is 12.2. The molecule has 146 valence electrons. The highest BCUT2D eigenvalue weighted by atomic mass is 32.2. The second-order valence-corrected chi connectivity index (χ2v) is 7.10. The number of benzene rings is 2. The van der Waals surface area contributed by atoms with Gasteiger partial charge in [0, 0.05) is 5.56 Å². The molecule has 0 saturated carbocycles. The SMILES string of the molecule is CCOc1ccccc1COC(=O)CSc1nnnn1-c1cc(C)ccc1C. The quantitative estimate of drug-likeness (QED) is 0.424. The first-order valence-corrected chi connectivity index (χ1v) is 9.92. The zero-order valence-corrected chi connectivity index (χ0v) is 16.9. The molecule has 0 unspecified atom stereocenters. The summed E-state index contributed by atoms with van der Waals surface area (Å²) in [5.74, 6) is 0.498. The van der Waals surface area contributed by atoms with Gasteiger partial charge < -0.3 is 9.47 Å². The molecule has 8 heteroatoms. The second-order valence-electron chi connectivity index (χ2n) is 6.15. The third-order valence-corrected chi connectivity index (χ3v) is 4.91. The van der Waals surface area contributed by atoms with E-state index in [1.807, 2.05) is 63.2 Å². The third kappa shape index (κ3) is 4.89. The molecular weight excluding hydrogens is 376 g/mol. The molecule has 3 rings (SSSR count). The standard InChI is InChI=1S/C20H22N4O3S/c1-4-26-18-8-6-5-7-16(18)12-27-19(25)13-28-20-21-22-23-24(20)17-11-14(2)9-10-15(17)3/h5-11H,4,12-13H2,1-3H3. The lowest BCUT2D eigenvalue weighted by Crippen LogP contribution is -2.09. The van der Waals surface area contributed by atoms with Crippen LogP contribution in [0.4, 0.5) is 0 Å². The normalized spacial score (nSPS) is 10.7. The summed E-state index contributed by atoms with van der Waals surface area (Å²) in [7, 11) is 0. The number of tetrazole rings is 1. The fourth-order valence-corrected chi connectivity index (χ4v) is 3.29. The first-order chi connectivity index (χ1) is 13.6. The van der Waals surface area contributed by atoms with Crippen molar-refractivity contribution in [2.45, 2.75) is 32.5 Å². The summed E-state index contributed by atoms with van der Waals surface area (Å²) in [5, 5.41) is 12.4. The summed E-state index contributed by atoms with van der Waals surface area (Å²) in [6.45, 7) is 6.64. The van der Waals surface area contributed by atoms with Gasteiger partial charge in [-0.15, -0.1) is 5.10 Å². The predicted molar refractivity (Wildman–Crippen MR) is 107 cm³/mol. The second kappa shape index (κ2) is 9.36. The molecule has 28 heavy (non-hydrogen) atoms. The van der Waals surface area contributed by atoms with Gasteiger partial charge in [0.15, 0.2) is 0 Å². The van der Waals surface area contributed by atoms with Gasteiger partial charge in [0.05, 0.1) is 18.0 Å². The van der Waals surface area contributed by atoms with Crippen molar-refractivity contribution in [3.05, 3.63) is 59.2 Å². The van der Waals surface area contributed by atoms with Crippen molar-refractivity contribution in [2.75, 3.05) is 12.4 Å². The Balaban J connectivity index is 1.61. The lowest BCUT2D eigenvalue weighted by molar-refractivity contribution is -0.141. The molecule has 0 aliphatic carbocycles. The number of aromatic nitrogens is 4. The molecule has 1 aromatic heterocycles. The number of esters is 1. The monoisotopic (exact) mass is 398 g/mol. The van der Waals surface area contributed by atoms with E-state index in [4.69, 9.17) is 9.47 Å². The van der Waals surface area contributed by atoms with E-state index in [0.717, 1.165) is 28.1 Å². The smallest absolute Gasteiger partial charge is 0.316 e. The maximum Gasteiger partial charge on any atom is 0.316 e. The molecule has 0 bridgehead atoms. The molecule has 0 amide bonds. The Morgan fingerprint density at radius 1 is 1.18 bits per heavy atom. The topological polar surface area (TPSA) is 79.1 Å². The Labute approximate surface area is 168 Å². The highest BCUT2D eigenvalue weighted by Crippen LogP contribution is 2.22. The van der Waals surface area contributed by atoms with E-state index in [9.17, 15) is 4.79 Å². The first kappa shape index (κ1) is 19.9. The van der Waals surface area contributed by atoms with Crippen LogP contribution in [0.5, 0.6) is 5.75 Å². The van der Waals surface area contributed by atoms with Crippen molar-refractivity contribution in [1.82, 2.24) is 20.2 Å². The molecule has 2 aromatic carbocycles. The summed E-state index contributed by atoms with van der Waals surface area (Å²) in [4.78, 5) is 12.2. The molecule has 0 N–H and O–H groups in total. The van der Waals surface area contributed by atoms with Crippen LogP contribution < -0.4 is 4.74 Å². The fourth-order valence-electron chi connectivity index (χ4n) is 2.61.